The van der Waals surface area contributed by atoms with Gasteiger partial charge in [-0.3, -0.25) is 14.4 Å². The second kappa shape index (κ2) is 22.7. The van der Waals surface area contributed by atoms with E-state index in [-0.39, 0.29) is 44.7 Å². The number of carbonyl (C=O) groups is 4. The van der Waals surface area contributed by atoms with Crippen LogP contribution in [0.25, 0.3) is 0 Å². The number of imide groups is 1. The highest BCUT2D eigenvalue weighted by Crippen LogP contribution is 2.31. The minimum absolute atomic E-state index is 0.0249. The number of aliphatic hydroxyl groups is 10. The Balaban J connectivity index is 1.21. The Hall–Kier alpha value is -2.56. The smallest absolute Gasteiger partial charge is 0.333 e. The zero-order valence-electron chi connectivity index (χ0n) is 31.2. The van der Waals surface area contributed by atoms with Crippen molar-refractivity contribution >= 4 is 23.7 Å². The number of rotatable bonds is 21. The summed E-state index contributed by atoms with van der Waals surface area (Å²) in [6.07, 6.45) is -20.7. The van der Waals surface area contributed by atoms with Crippen LogP contribution in [0, 0.1) is 0 Å². The number of hydrogen-bond acceptors (Lipinski definition) is 21. The van der Waals surface area contributed by atoms with Crippen molar-refractivity contribution < 1.29 is 104 Å². The number of unbranched alkanes of at least 4 members (excludes halogenated alkanes) is 5. The number of amides is 3. The largest absolute Gasteiger partial charge is 0.394 e. The van der Waals surface area contributed by atoms with E-state index in [0.29, 0.717) is 24.3 Å². The van der Waals surface area contributed by atoms with E-state index in [0.717, 1.165) is 19.3 Å². The maximum absolute atomic E-state index is 12.4. The number of nitrogens with one attached hydrogen (secondary N) is 1. The fourth-order valence-electron chi connectivity index (χ4n) is 6.59. The van der Waals surface area contributed by atoms with Gasteiger partial charge in [-0.25, -0.2) is 4.79 Å². The molecule has 4 saturated heterocycles. The first-order valence-electron chi connectivity index (χ1n) is 19.0. The molecule has 15 atom stereocenters. The number of nitrogens with zero attached hydrogens (tertiary/aromatic N) is 1. The van der Waals surface area contributed by atoms with Crippen LogP contribution in [0.3, 0.4) is 0 Å². The van der Waals surface area contributed by atoms with Crippen molar-refractivity contribution in [3.63, 3.8) is 0 Å². The third-order valence-electron chi connectivity index (χ3n) is 9.99. The van der Waals surface area contributed by atoms with Crippen LogP contribution in [0.15, 0.2) is 0 Å². The average Bonchev–Trinajstić information content (AvgIpc) is 3.51. The van der Waals surface area contributed by atoms with Gasteiger partial charge in [0.25, 0.3) is 11.8 Å². The zero-order valence-corrected chi connectivity index (χ0v) is 31.2. The topological polar surface area (TPSA) is 350 Å². The molecule has 3 amide bonds. The van der Waals surface area contributed by atoms with Crippen molar-refractivity contribution in [1.29, 1.82) is 0 Å². The summed E-state index contributed by atoms with van der Waals surface area (Å²) in [5.41, 5.74) is 0. The second-order valence-electron chi connectivity index (χ2n) is 14.2. The molecule has 23 nitrogen and oxygen atoms in total. The van der Waals surface area contributed by atoms with Crippen LogP contribution in [0.5, 0.6) is 0 Å². The number of hydrogen-bond donors (Lipinski definition) is 11. The Morgan fingerprint density at radius 2 is 1.12 bits per heavy atom. The van der Waals surface area contributed by atoms with Crippen molar-refractivity contribution in [2.75, 3.05) is 33.0 Å². The van der Waals surface area contributed by atoms with Gasteiger partial charge in [0.2, 0.25) is 5.91 Å². The molecule has 23 heteroatoms. The van der Waals surface area contributed by atoms with Gasteiger partial charge in [-0.2, -0.15) is 0 Å². The van der Waals surface area contributed by atoms with Crippen molar-refractivity contribution in [2.45, 2.75) is 156 Å². The highest BCUT2D eigenvalue weighted by Gasteiger charge is 2.52. The average molecular weight is 829 g/mol. The van der Waals surface area contributed by atoms with Gasteiger partial charge in [0.1, 0.15) is 73.2 Å². The van der Waals surface area contributed by atoms with Crippen molar-refractivity contribution in [3.05, 3.63) is 0 Å². The summed E-state index contributed by atoms with van der Waals surface area (Å²) >= 11 is 0. The van der Waals surface area contributed by atoms with E-state index in [1.807, 2.05) is 0 Å². The zero-order chi connectivity index (χ0) is 41.8. The summed E-state index contributed by atoms with van der Waals surface area (Å²) in [5.74, 6) is -2.01. The number of hydroxylamine groups is 2. The van der Waals surface area contributed by atoms with Crippen molar-refractivity contribution in [3.8, 4) is 0 Å². The van der Waals surface area contributed by atoms with Gasteiger partial charge in [0.05, 0.1) is 26.4 Å². The first kappa shape index (κ1) is 47.1. The highest BCUT2D eigenvalue weighted by atomic mass is 16.8. The Morgan fingerprint density at radius 1 is 0.614 bits per heavy atom. The molecule has 0 bridgehead atoms. The van der Waals surface area contributed by atoms with Crippen LogP contribution in [0.2, 0.25) is 0 Å². The molecule has 57 heavy (non-hydrogen) atoms. The first-order valence-corrected chi connectivity index (χ1v) is 19.0. The van der Waals surface area contributed by atoms with E-state index >= 15 is 0 Å². The number of ether oxygens (including phenoxy) is 6. The van der Waals surface area contributed by atoms with E-state index in [1.165, 1.54) is 0 Å². The van der Waals surface area contributed by atoms with Gasteiger partial charge in [-0.1, -0.05) is 25.7 Å². The summed E-state index contributed by atoms with van der Waals surface area (Å²) in [5, 5.41) is 106. The SMILES string of the molecule is O=C(CCCCCCCCC(=O)ON1C(=O)CCC1=O)NCCO[C@H]1O[C@H](COC2O[C@H](CO)[C@@H](O)[C@H](O)[C@@H]2O)[C@@H](O)[C@H](O[C@H]2O[C@H](CO)[C@@H](O)[C@H](O)[C@@H]2O)[C@@H]1O. The molecular weight excluding hydrogens is 772 g/mol. The Kier molecular flexibility index (Phi) is 18.8. The van der Waals surface area contributed by atoms with Gasteiger partial charge < -0.3 is 89.6 Å². The molecule has 328 valence electrons. The lowest BCUT2D eigenvalue weighted by Gasteiger charge is -2.46. The minimum atomic E-state index is -1.90. The molecule has 4 rings (SSSR count). The predicted molar refractivity (Wildman–Crippen MR) is 182 cm³/mol. The van der Waals surface area contributed by atoms with Gasteiger partial charge in [0, 0.05) is 32.2 Å². The number of aliphatic hydroxyl groups excluding tert-OH is 10. The fraction of sp³-hybridized carbons (Fsp3) is 0.882. The minimum Gasteiger partial charge on any atom is -0.394 e. The molecule has 4 aliphatic heterocycles. The molecule has 4 heterocycles. The summed E-state index contributed by atoms with van der Waals surface area (Å²) < 4.78 is 33.2. The van der Waals surface area contributed by atoms with Gasteiger partial charge in [-0.15, -0.1) is 5.06 Å². The molecular formula is C34H56N2O21. The predicted octanol–water partition coefficient (Wildman–Crippen LogP) is -5.70. The van der Waals surface area contributed by atoms with Crippen LogP contribution in [0.4, 0.5) is 0 Å². The first-order chi connectivity index (χ1) is 27.2. The van der Waals surface area contributed by atoms with Crippen molar-refractivity contribution in [1.82, 2.24) is 10.4 Å². The van der Waals surface area contributed by atoms with Gasteiger partial charge in [-0.05, 0) is 12.8 Å². The van der Waals surface area contributed by atoms with E-state index in [2.05, 4.69) is 5.32 Å². The molecule has 1 unspecified atom stereocenters. The van der Waals surface area contributed by atoms with Gasteiger partial charge in [0.15, 0.2) is 18.9 Å². The van der Waals surface area contributed by atoms with Crippen LogP contribution < -0.4 is 5.32 Å². The molecule has 0 spiro atoms. The van der Waals surface area contributed by atoms with Crippen LogP contribution in [-0.4, -0.2) is 205 Å². The van der Waals surface area contributed by atoms with E-state index in [1.54, 1.807) is 0 Å². The molecule has 0 aromatic heterocycles. The lowest BCUT2D eigenvalue weighted by molar-refractivity contribution is -0.366. The maximum atomic E-state index is 12.4. The molecule has 11 N–H and O–H groups in total. The lowest BCUT2D eigenvalue weighted by Crippen LogP contribution is -2.65. The normalized spacial score (nSPS) is 37.4. The van der Waals surface area contributed by atoms with E-state index < -0.39 is 130 Å². The molecule has 0 aromatic carbocycles. The monoisotopic (exact) mass is 828 g/mol. The van der Waals surface area contributed by atoms with E-state index in [9.17, 15) is 70.2 Å². The van der Waals surface area contributed by atoms with Crippen LogP contribution in [0.1, 0.15) is 64.2 Å². The van der Waals surface area contributed by atoms with Crippen LogP contribution >= 0.6 is 0 Å². The Labute approximate surface area is 326 Å². The molecule has 0 aliphatic carbocycles. The third kappa shape index (κ3) is 12.7. The van der Waals surface area contributed by atoms with E-state index in [4.69, 9.17) is 33.3 Å². The highest BCUT2D eigenvalue weighted by molar-refractivity contribution is 6.01. The lowest BCUT2D eigenvalue weighted by atomic mass is 9.96. The molecule has 0 aromatic rings. The fourth-order valence-corrected chi connectivity index (χ4v) is 6.59. The molecule has 0 saturated carbocycles. The summed E-state index contributed by atoms with van der Waals surface area (Å²) in [4.78, 5) is 52.2. The Morgan fingerprint density at radius 3 is 1.72 bits per heavy atom. The van der Waals surface area contributed by atoms with Crippen LogP contribution in [-0.2, 0) is 52.4 Å². The number of carbonyl (C=O) groups excluding carboxylic acids is 4. The quantitative estimate of drug-likeness (QED) is 0.0379. The summed E-state index contributed by atoms with van der Waals surface area (Å²) in [7, 11) is 0. The third-order valence-corrected chi connectivity index (χ3v) is 9.99. The maximum Gasteiger partial charge on any atom is 0.333 e. The summed E-state index contributed by atoms with van der Waals surface area (Å²) in [6, 6.07) is 0. The molecule has 4 fully saturated rings. The standard InChI is InChI=1S/C34H56N2O21/c37-13-16-23(43)26(46)28(48)32(53-16)52-15-18-25(45)31(56-34-29(49)27(47)24(44)17(14-38)54-34)30(50)33(55-18)51-12-11-35-19(39)7-5-3-1-2-4-6-8-22(42)57-36-20(40)9-10-21(36)41/h16-18,23-34,37-38,43-50H,1-15H2,(H,35,39)/t16-,17-,18-,23-,24-,25-,26+,27+,28+,29+,30+,31+,32?,33+,34-/m1/s1. The summed E-state index contributed by atoms with van der Waals surface area (Å²) in [6.45, 7) is -2.41. The Bertz CT molecular complexity index is 1280. The molecule has 4 aliphatic rings. The molecule has 0 radical (unpaired) electrons. The second-order valence-corrected chi connectivity index (χ2v) is 14.2. The van der Waals surface area contributed by atoms with Gasteiger partial charge >= 0.3 is 5.97 Å². The van der Waals surface area contributed by atoms with Crippen molar-refractivity contribution in [2.24, 2.45) is 0 Å².